The third kappa shape index (κ3) is 5.01. The van der Waals surface area contributed by atoms with Crippen molar-refractivity contribution in [3.8, 4) is 0 Å². The summed E-state index contributed by atoms with van der Waals surface area (Å²) in [6.45, 7) is 0.362. The first-order valence-corrected chi connectivity index (χ1v) is 12.1. The van der Waals surface area contributed by atoms with Crippen LogP contribution in [0.2, 0.25) is 0 Å². The van der Waals surface area contributed by atoms with E-state index in [1.807, 2.05) is 28.8 Å². The number of nitrogens with zero attached hydrogens (tertiary/aromatic N) is 3. The van der Waals surface area contributed by atoms with Crippen LogP contribution in [0.3, 0.4) is 0 Å². The Morgan fingerprint density at radius 3 is 2.67 bits per heavy atom. The van der Waals surface area contributed by atoms with Gasteiger partial charge in [0.25, 0.3) is 5.91 Å². The average Bonchev–Trinajstić information content (AvgIpc) is 3.30. The van der Waals surface area contributed by atoms with Crippen molar-refractivity contribution in [1.82, 2.24) is 25.3 Å². The van der Waals surface area contributed by atoms with E-state index in [1.54, 1.807) is 6.20 Å². The van der Waals surface area contributed by atoms with Crippen molar-refractivity contribution in [3.05, 3.63) is 58.0 Å². The number of benzene rings is 1. The molecule has 2 fully saturated rings. The molecule has 2 aromatic heterocycles. The van der Waals surface area contributed by atoms with Crippen LogP contribution >= 0.6 is 0 Å². The number of alkyl carbamates (subject to hydrolysis) is 1. The summed E-state index contributed by atoms with van der Waals surface area (Å²) in [6.07, 6.45) is 8.57. The number of hydrogen-bond donors (Lipinski definition) is 3. The molecule has 11 heteroatoms. The van der Waals surface area contributed by atoms with Gasteiger partial charge in [0.15, 0.2) is 0 Å². The molecule has 2 aliphatic rings. The molecule has 1 aliphatic carbocycles. The van der Waals surface area contributed by atoms with E-state index in [2.05, 4.69) is 26.1 Å². The molecule has 0 unspecified atom stereocenters. The number of aromatic nitrogens is 3. The lowest BCUT2D eigenvalue weighted by atomic mass is 9.95. The standard InChI is InChI=1S/C25H28N6O5/c1-35-30-23(33)20-13-31(18-5-3-2-4-6-18)22-19(21(20)32)12-26-24(29-22)27-16-9-7-15(8-10-16)11-17-14-36-25(34)28-17/h7-10,12-13,17-18H,2-6,11,14H2,1H3,(H,28,34)(H,30,33)(H,26,27,29)/t17-/m0/s1. The van der Waals surface area contributed by atoms with Gasteiger partial charge in [0, 0.05) is 24.1 Å². The van der Waals surface area contributed by atoms with Gasteiger partial charge in [0.05, 0.1) is 18.5 Å². The number of rotatable bonds is 7. The fourth-order valence-corrected chi connectivity index (χ4v) is 4.81. The summed E-state index contributed by atoms with van der Waals surface area (Å²) in [5, 5.41) is 6.26. The Kier molecular flexibility index (Phi) is 6.81. The van der Waals surface area contributed by atoms with Gasteiger partial charge in [0.1, 0.15) is 17.8 Å². The van der Waals surface area contributed by atoms with Crippen LogP contribution in [0, 0.1) is 0 Å². The van der Waals surface area contributed by atoms with E-state index in [1.165, 1.54) is 19.7 Å². The lowest BCUT2D eigenvalue weighted by molar-refractivity contribution is 0.0535. The van der Waals surface area contributed by atoms with Crippen molar-refractivity contribution < 1.29 is 19.2 Å². The zero-order valence-electron chi connectivity index (χ0n) is 20.0. The molecule has 3 heterocycles. The quantitative estimate of drug-likeness (QED) is 0.428. The SMILES string of the molecule is CONC(=O)c1cn(C2CCCCC2)c2nc(Nc3ccc(C[C@H]4COC(=O)N4)cc3)ncc2c1=O. The number of hydrogen-bond acceptors (Lipinski definition) is 8. The van der Waals surface area contributed by atoms with Crippen LogP contribution in [0.4, 0.5) is 16.4 Å². The molecule has 188 valence electrons. The first kappa shape index (κ1) is 23.7. The van der Waals surface area contributed by atoms with Crippen LogP contribution in [0.25, 0.3) is 11.0 Å². The van der Waals surface area contributed by atoms with Crippen LogP contribution in [-0.2, 0) is 16.0 Å². The van der Waals surface area contributed by atoms with Crippen molar-refractivity contribution >= 4 is 34.7 Å². The van der Waals surface area contributed by atoms with E-state index in [4.69, 9.17) is 9.57 Å². The Labute approximate surface area is 207 Å². The Bertz CT molecular complexity index is 1330. The lowest BCUT2D eigenvalue weighted by Gasteiger charge is -2.26. The number of ether oxygens (including phenoxy) is 1. The fourth-order valence-electron chi connectivity index (χ4n) is 4.81. The number of amides is 2. The Balaban J connectivity index is 1.43. The van der Waals surface area contributed by atoms with Gasteiger partial charge in [-0.2, -0.15) is 4.98 Å². The van der Waals surface area contributed by atoms with E-state index in [0.29, 0.717) is 24.6 Å². The van der Waals surface area contributed by atoms with E-state index in [-0.39, 0.29) is 29.1 Å². The van der Waals surface area contributed by atoms with Crippen LogP contribution in [0.5, 0.6) is 0 Å². The predicted molar refractivity (Wildman–Crippen MR) is 132 cm³/mol. The van der Waals surface area contributed by atoms with Crippen molar-refractivity contribution in [3.63, 3.8) is 0 Å². The minimum Gasteiger partial charge on any atom is -0.447 e. The normalized spacial score (nSPS) is 18.0. The maximum absolute atomic E-state index is 13.1. The Hall–Kier alpha value is -3.99. The molecule has 5 rings (SSSR count). The van der Waals surface area contributed by atoms with Gasteiger partial charge in [-0.3, -0.25) is 14.4 Å². The molecule has 3 N–H and O–H groups in total. The molecule has 1 atom stereocenters. The molecule has 1 saturated heterocycles. The first-order valence-electron chi connectivity index (χ1n) is 12.1. The Morgan fingerprint density at radius 2 is 1.97 bits per heavy atom. The van der Waals surface area contributed by atoms with Gasteiger partial charge in [-0.05, 0) is 37.0 Å². The highest BCUT2D eigenvalue weighted by atomic mass is 16.6. The van der Waals surface area contributed by atoms with E-state index in [9.17, 15) is 14.4 Å². The highest BCUT2D eigenvalue weighted by Crippen LogP contribution is 2.30. The molecule has 0 spiro atoms. The Morgan fingerprint density at radius 1 is 1.19 bits per heavy atom. The maximum atomic E-state index is 13.1. The van der Waals surface area contributed by atoms with Gasteiger partial charge in [0.2, 0.25) is 11.4 Å². The highest BCUT2D eigenvalue weighted by molar-refractivity contribution is 5.96. The first-order chi connectivity index (χ1) is 17.5. The molecule has 0 bridgehead atoms. The topological polar surface area (TPSA) is 136 Å². The third-order valence-corrected chi connectivity index (χ3v) is 6.61. The second-order valence-electron chi connectivity index (χ2n) is 9.10. The van der Waals surface area contributed by atoms with Crippen molar-refractivity contribution in [1.29, 1.82) is 0 Å². The number of fused-ring (bicyclic) bond motifs is 1. The molecule has 3 aromatic rings. The van der Waals surface area contributed by atoms with E-state index >= 15 is 0 Å². The molecule has 1 saturated carbocycles. The van der Waals surface area contributed by atoms with Crippen LogP contribution in [0.15, 0.2) is 41.5 Å². The summed E-state index contributed by atoms with van der Waals surface area (Å²) < 4.78 is 6.88. The summed E-state index contributed by atoms with van der Waals surface area (Å²) in [5.74, 6) is -0.246. The van der Waals surface area contributed by atoms with Crippen molar-refractivity contribution in [2.75, 3.05) is 19.0 Å². The number of pyridine rings is 1. The molecule has 11 nitrogen and oxygen atoms in total. The second-order valence-corrected chi connectivity index (χ2v) is 9.10. The van der Waals surface area contributed by atoms with Crippen molar-refractivity contribution in [2.45, 2.75) is 50.6 Å². The zero-order chi connectivity index (χ0) is 25.1. The van der Waals surface area contributed by atoms with Gasteiger partial charge in [-0.1, -0.05) is 31.4 Å². The lowest BCUT2D eigenvalue weighted by Crippen LogP contribution is -2.30. The number of anilines is 2. The predicted octanol–water partition coefficient (Wildman–Crippen LogP) is 2.98. The molecule has 2 amide bonds. The molecule has 1 aromatic carbocycles. The van der Waals surface area contributed by atoms with Gasteiger partial charge < -0.3 is 19.9 Å². The summed E-state index contributed by atoms with van der Waals surface area (Å²) in [4.78, 5) is 50.5. The van der Waals surface area contributed by atoms with E-state index in [0.717, 1.165) is 36.9 Å². The van der Waals surface area contributed by atoms with Gasteiger partial charge in [-0.25, -0.2) is 15.3 Å². The third-order valence-electron chi connectivity index (χ3n) is 6.61. The molecule has 0 radical (unpaired) electrons. The second kappa shape index (κ2) is 10.3. The average molecular weight is 493 g/mol. The summed E-state index contributed by atoms with van der Waals surface area (Å²) in [7, 11) is 1.33. The van der Waals surface area contributed by atoms with E-state index < -0.39 is 11.3 Å². The smallest absolute Gasteiger partial charge is 0.407 e. The molecule has 36 heavy (non-hydrogen) atoms. The monoisotopic (exact) mass is 492 g/mol. The fraction of sp³-hybridized carbons (Fsp3) is 0.400. The van der Waals surface area contributed by atoms with Crippen molar-refractivity contribution in [2.24, 2.45) is 0 Å². The van der Waals surface area contributed by atoms with Crippen LogP contribution < -0.4 is 21.5 Å². The molecule has 1 aliphatic heterocycles. The number of nitrogens with one attached hydrogen (secondary N) is 3. The van der Waals surface area contributed by atoms with Crippen LogP contribution in [0.1, 0.15) is 54.1 Å². The molecular weight excluding hydrogens is 464 g/mol. The molecular formula is C25H28N6O5. The minimum absolute atomic E-state index is 0.00123. The van der Waals surface area contributed by atoms with Crippen LogP contribution in [-0.4, -0.2) is 46.3 Å². The number of hydroxylamine groups is 1. The number of cyclic esters (lactones) is 1. The zero-order valence-corrected chi connectivity index (χ0v) is 20.0. The maximum Gasteiger partial charge on any atom is 0.407 e. The van der Waals surface area contributed by atoms with Gasteiger partial charge >= 0.3 is 6.09 Å². The number of carbonyl (C=O) groups is 2. The minimum atomic E-state index is -0.597. The summed E-state index contributed by atoms with van der Waals surface area (Å²) >= 11 is 0. The summed E-state index contributed by atoms with van der Waals surface area (Å²) in [6, 6.07) is 7.85. The highest BCUT2D eigenvalue weighted by Gasteiger charge is 2.24. The summed E-state index contributed by atoms with van der Waals surface area (Å²) in [5.41, 5.74) is 4.13. The van der Waals surface area contributed by atoms with Gasteiger partial charge in [-0.15, -0.1) is 0 Å². The number of carbonyl (C=O) groups excluding carboxylic acids is 2. The largest absolute Gasteiger partial charge is 0.447 e.